The van der Waals surface area contributed by atoms with Gasteiger partial charge < -0.3 is 20.5 Å². The summed E-state index contributed by atoms with van der Waals surface area (Å²) in [6.07, 6.45) is 1.84. The molecule has 1 amide bonds. The molecule has 0 saturated carbocycles. The number of aromatic nitrogens is 2. The zero-order valence-corrected chi connectivity index (χ0v) is 21.4. The number of ether oxygens (including phenoxy) is 1. The monoisotopic (exact) mass is 497 g/mol. The van der Waals surface area contributed by atoms with Gasteiger partial charge >= 0.3 is 0 Å². The topological polar surface area (TPSA) is 91.1 Å². The van der Waals surface area contributed by atoms with Gasteiger partial charge in [0.25, 0.3) is 5.91 Å². The highest BCUT2D eigenvalue weighted by molar-refractivity contribution is 6.03. The minimum absolute atomic E-state index is 0.0586. The van der Waals surface area contributed by atoms with Crippen LogP contribution in [0.2, 0.25) is 0 Å². The third-order valence-electron chi connectivity index (χ3n) is 6.29. The van der Waals surface area contributed by atoms with Gasteiger partial charge in [0.2, 0.25) is 0 Å². The number of carbonyl (C=O) groups is 1. The predicted molar refractivity (Wildman–Crippen MR) is 139 cm³/mol. The molecule has 1 aliphatic heterocycles. The average molecular weight is 498 g/mol. The van der Waals surface area contributed by atoms with Gasteiger partial charge in [-0.15, -0.1) is 0 Å². The van der Waals surface area contributed by atoms with E-state index in [4.69, 9.17) is 4.74 Å². The molecule has 194 valence electrons. The van der Waals surface area contributed by atoms with Crippen molar-refractivity contribution in [3.05, 3.63) is 53.9 Å². The summed E-state index contributed by atoms with van der Waals surface area (Å²) in [5.41, 5.74) is 3.45. The lowest BCUT2D eigenvalue weighted by Crippen LogP contribution is -2.42. The zero-order chi connectivity index (χ0) is 25.9. The van der Waals surface area contributed by atoms with E-state index in [-0.39, 0.29) is 12.6 Å². The molecule has 4 rings (SSSR count). The number of amides is 1. The number of carbonyl (C=O) groups excluding carboxylic acids is 1. The van der Waals surface area contributed by atoms with E-state index in [0.717, 1.165) is 49.5 Å². The smallest absolute Gasteiger partial charge is 0.255 e. The number of hydrogen-bond acceptors (Lipinski definition) is 6. The summed E-state index contributed by atoms with van der Waals surface area (Å²) in [6, 6.07) is 10.5. The molecule has 36 heavy (non-hydrogen) atoms. The van der Waals surface area contributed by atoms with E-state index in [9.17, 15) is 14.3 Å². The summed E-state index contributed by atoms with van der Waals surface area (Å²) in [6.45, 7) is 10.7. The van der Waals surface area contributed by atoms with Crippen LogP contribution in [-0.2, 0) is 11.3 Å². The maximum atomic E-state index is 14.2. The van der Waals surface area contributed by atoms with Gasteiger partial charge in [0.05, 0.1) is 48.3 Å². The maximum absolute atomic E-state index is 14.2. The fourth-order valence-electron chi connectivity index (χ4n) is 4.22. The lowest BCUT2D eigenvalue weighted by Gasteiger charge is -2.26. The number of nitrogens with one attached hydrogen (secondary N) is 2. The molecule has 1 aliphatic rings. The van der Waals surface area contributed by atoms with Crippen LogP contribution in [0.5, 0.6) is 0 Å². The summed E-state index contributed by atoms with van der Waals surface area (Å²) < 4.78 is 21.4. The zero-order valence-electron chi connectivity index (χ0n) is 21.4. The van der Waals surface area contributed by atoms with Crippen molar-refractivity contribution in [2.24, 2.45) is 0 Å². The minimum atomic E-state index is -1.59. The van der Waals surface area contributed by atoms with E-state index in [0.29, 0.717) is 11.3 Å². The third-order valence-corrected chi connectivity index (χ3v) is 6.29. The normalized spacial score (nSPS) is 15.9. The number of fused-ring (bicyclic) bond motifs is 1. The van der Waals surface area contributed by atoms with Gasteiger partial charge in [0, 0.05) is 37.4 Å². The molecule has 9 heteroatoms. The van der Waals surface area contributed by atoms with Crippen molar-refractivity contribution in [1.82, 2.24) is 19.8 Å². The van der Waals surface area contributed by atoms with Crippen molar-refractivity contribution < 1.29 is 19.0 Å². The molecule has 2 aromatic heterocycles. The summed E-state index contributed by atoms with van der Waals surface area (Å²) in [5, 5.41) is 20.3. The Labute approximate surface area is 211 Å². The molecule has 0 radical (unpaired) electrons. The minimum Gasteiger partial charge on any atom is -0.387 e. The van der Waals surface area contributed by atoms with Crippen molar-refractivity contribution in [3.63, 3.8) is 0 Å². The van der Waals surface area contributed by atoms with E-state index >= 15 is 0 Å². The molecule has 1 fully saturated rings. The second-order valence-corrected chi connectivity index (χ2v) is 10.2. The number of rotatable bonds is 9. The predicted octanol–water partition coefficient (Wildman–Crippen LogP) is 3.49. The highest BCUT2D eigenvalue weighted by Gasteiger charge is 2.27. The number of benzene rings is 1. The number of hydrogen-bond donors (Lipinski definition) is 3. The van der Waals surface area contributed by atoms with E-state index in [1.165, 1.54) is 25.6 Å². The Kier molecular flexibility index (Phi) is 7.92. The molecule has 1 saturated heterocycles. The summed E-state index contributed by atoms with van der Waals surface area (Å²) in [4.78, 5) is 15.4. The van der Waals surface area contributed by atoms with Crippen molar-refractivity contribution in [1.29, 1.82) is 0 Å². The van der Waals surface area contributed by atoms with Crippen molar-refractivity contribution in [2.45, 2.75) is 52.1 Å². The molecule has 0 aliphatic carbocycles. The van der Waals surface area contributed by atoms with Gasteiger partial charge in [0.15, 0.2) is 0 Å². The first-order valence-electron chi connectivity index (χ1n) is 12.4. The maximum Gasteiger partial charge on any atom is 0.255 e. The Morgan fingerprint density at radius 3 is 2.67 bits per heavy atom. The summed E-state index contributed by atoms with van der Waals surface area (Å²) >= 11 is 0. The molecular formula is C27H36FN5O3. The standard InChI is InChI=1S/C27H36FN5O3/c1-18(2)31-25-22(26(34)29-15-24(28)27(3,4)35)14-30-33-17-21(13-23(25)33)20-7-5-6-19(12-20)16-32-8-10-36-11-9-32/h5-7,12-14,17-18,24,31,35H,8-11,15-16H2,1-4H3,(H,29,34). The largest absolute Gasteiger partial charge is 0.387 e. The Morgan fingerprint density at radius 2 is 1.97 bits per heavy atom. The fourth-order valence-corrected chi connectivity index (χ4v) is 4.22. The van der Waals surface area contributed by atoms with Gasteiger partial charge in [0.1, 0.15) is 6.17 Å². The van der Waals surface area contributed by atoms with E-state index < -0.39 is 17.7 Å². The highest BCUT2D eigenvalue weighted by Crippen LogP contribution is 2.30. The van der Waals surface area contributed by atoms with Gasteiger partial charge in [-0.1, -0.05) is 18.2 Å². The number of anilines is 1. The Morgan fingerprint density at radius 1 is 1.22 bits per heavy atom. The summed E-state index contributed by atoms with van der Waals surface area (Å²) in [7, 11) is 0. The van der Waals surface area contributed by atoms with E-state index in [2.05, 4.69) is 44.9 Å². The van der Waals surface area contributed by atoms with Gasteiger partial charge in [-0.2, -0.15) is 5.10 Å². The molecule has 3 N–H and O–H groups in total. The molecule has 0 bridgehead atoms. The first-order chi connectivity index (χ1) is 17.1. The molecule has 3 heterocycles. The van der Waals surface area contributed by atoms with Crippen LogP contribution in [0.4, 0.5) is 10.1 Å². The molecule has 1 atom stereocenters. The molecule has 3 aromatic rings. The molecule has 1 unspecified atom stereocenters. The highest BCUT2D eigenvalue weighted by atomic mass is 19.1. The quantitative estimate of drug-likeness (QED) is 0.419. The second-order valence-electron chi connectivity index (χ2n) is 10.2. The number of nitrogens with zero attached hydrogens (tertiary/aromatic N) is 3. The number of morpholine rings is 1. The van der Waals surface area contributed by atoms with Crippen LogP contribution in [0.3, 0.4) is 0 Å². The molecule has 0 spiro atoms. The first kappa shape index (κ1) is 26.1. The third kappa shape index (κ3) is 6.21. The van der Waals surface area contributed by atoms with Crippen molar-refractivity contribution in [2.75, 3.05) is 38.2 Å². The van der Waals surface area contributed by atoms with Crippen LogP contribution in [0.1, 0.15) is 43.6 Å². The Balaban J connectivity index is 1.62. The van der Waals surface area contributed by atoms with Crippen LogP contribution < -0.4 is 10.6 Å². The van der Waals surface area contributed by atoms with Crippen molar-refractivity contribution >= 4 is 17.1 Å². The van der Waals surface area contributed by atoms with Crippen LogP contribution >= 0.6 is 0 Å². The van der Waals surface area contributed by atoms with Crippen LogP contribution in [0.25, 0.3) is 16.6 Å². The molecule has 8 nitrogen and oxygen atoms in total. The molecule has 1 aromatic carbocycles. The van der Waals surface area contributed by atoms with Gasteiger partial charge in [-0.05, 0) is 51.0 Å². The Bertz CT molecular complexity index is 1200. The van der Waals surface area contributed by atoms with Gasteiger partial charge in [-0.25, -0.2) is 8.91 Å². The second kappa shape index (κ2) is 10.9. The molecular weight excluding hydrogens is 461 g/mol. The number of alkyl halides is 1. The lowest BCUT2D eigenvalue weighted by atomic mass is 10.0. The Hall–Kier alpha value is -3.01. The lowest BCUT2D eigenvalue weighted by molar-refractivity contribution is -0.00177. The van der Waals surface area contributed by atoms with Crippen LogP contribution in [0.15, 0.2) is 42.7 Å². The van der Waals surface area contributed by atoms with Crippen LogP contribution in [-0.4, -0.2) is 76.2 Å². The fraction of sp³-hybridized carbons (Fsp3) is 0.481. The average Bonchev–Trinajstić information content (AvgIpc) is 3.27. The van der Waals surface area contributed by atoms with Crippen molar-refractivity contribution in [3.8, 4) is 11.1 Å². The first-order valence-corrected chi connectivity index (χ1v) is 12.4. The number of halogens is 1. The van der Waals surface area contributed by atoms with E-state index in [1.54, 1.807) is 4.52 Å². The van der Waals surface area contributed by atoms with E-state index in [1.807, 2.05) is 26.1 Å². The summed E-state index contributed by atoms with van der Waals surface area (Å²) in [5.74, 6) is -0.449. The number of aliphatic hydroxyl groups is 1. The van der Waals surface area contributed by atoms with Crippen LogP contribution in [0, 0.1) is 0 Å². The SMILES string of the molecule is CC(C)Nc1c(C(=O)NCC(F)C(C)(C)O)cnn2cc(-c3cccc(CN4CCOCC4)c3)cc12. The van der Waals surface area contributed by atoms with Gasteiger partial charge in [-0.3, -0.25) is 9.69 Å².